The van der Waals surface area contributed by atoms with Crippen LogP contribution in [0.2, 0.25) is 0 Å². The van der Waals surface area contributed by atoms with Crippen molar-refractivity contribution in [3.05, 3.63) is 109 Å². The summed E-state index contributed by atoms with van der Waals surface area (Å²) in [5.74, 6) is 0. The van der Waals surface area contributed by atoms with Crippen molar-refractivity contribution in [2.75, 3.05) is 0 Å². The molecule has 0 atom stereocenters. The van der Waals surface area contributed by atoms with Gasteiger partial charge in [-0.05, 0) is 55.1 Å². The van der Waals surface area contributed by atoms with E-state index in [0.29, 0.717) is 0 Å². The Labute approximate surface area is 176 Å². The van der Waals surface area contributed by atoms with Gasteiger partial charge in [0, 0.05) is 25.0 Å². The Balaban J connectivity index is 1.83. The predicted molar refractivity (Wildman–Crippen MR) is 130 cm³/mol. The Hall–Kier alpha value is -3.91. The molecule has 2 nitrogen and oxygen atoms in total. The van der Waals surface area contributed by atoms with Crippen molar-refractivity contribution in [2.45, 2.75) is 6.42 Å². The molecule has 5 aromatic carbocycles. The van der Waals surface area contributed by atoms with Crippen LogP contribution in [0.25, 0.3) is 43.4 Å². The standard InChI is InChI=1S/C28H22N2/c29-16-18-30-17-15-25-23-9-3-5-11-26(23)28(27-12-6-4-10-24(25)27)22-14-13-20-7-1-2-8-21(20)19-22/h1-14,16-19H,15,29H2/b18-16-,30-17?. The monoisotopic (exact) mass is 386 g/mol. The highest BCUT2D eigenvalue weighted by molar-refractivity contribution is 6.16. The lowest BCUT2D eigenvalue weighted by molar-refractivity contribution is 1.40. The molecule has 144 valence electrons. The molecule has 30 heavy (non-hydrogen) atoms. The van der Waals surface area contributed by atoms with E-state index in [4.69, 9.17) is 5.73 Å². The Bertz CT molecular complexity index is 1370. The molecule has 0 aromatic heterocycles. The van der Waals surface area contributed by atoms with Gasteiger partial charge in [-0.25, -0.2) is 0 Å². The number of nitrogens with zero attached hydrogens (tertiary/aromatic N) is 1. The van der Waals surface area contributed by atoms with Gasteiger partial charge in [-0.15, -0.1) is 0 Å². The number of rotatable bonds is 4. The van der Waals surface area contributed by atoms with Gasteiger partial charge in [0.15, 0.2) is 0 Å². The van der Waals surface area contributed by atoms with E-state index in [0.717, 1.165) is 6.42 Å². The molecule has 0 spiro atoms. The number of hydrogen-bond acceptors (Lipinski definition) is 2. The summed E-state index contributed by atoms with van der Waals surface area (Å²) in [5, 5.41) is 7.59. The number of benzene rings is 5. The van der Waals surface area contributed by atoms with E-state index in [9.17, 15) is 0 Å². The number of aliphatic imine (C=N–C) groups is 1. The second-order valence-corrected chi connectivity index (χ2v) is 7.38. The SMILES string of the molecule is N/C=C\N=CCc1c2ccccc2c(-c2ccc3ccccc3c2)c2ccccc12. The fraction of sp³-hybridized carbons (Fsp3) is 0.0357. The summed E-state index contributed by atoms with van der Waals surface area (Å²) in [5.41, 5.74) is 9.24. The molecule has 0 saturated carbocycles. The molecule has 0 amide bonds. The summed E-state index contributed by atoms with van der Waals surface area (Å²) in [6, 6.07) is 32.6. The Morgan fingerprint density at radius 2 is 1.27 bits per heavy atom. The van der Waals surface area contributed by atoms with Gasteiger partial charge in [0.05, 0.1) is 0 Å². The smallest absolute Gasteiger partial charge is 0.0418 e. The maximum absolute atomic E-state index is 5.42. The van der Waals surface area contributed by atoms with E-state index in [2.05, 4.69) is 96.0 Å². The quantitative estimate of drug-likeness (QED) is 0.266. The molecule has 2 N–H and O–H groups in total. The average Bonchev–Trinajstić information content (AvgIpc) is 2.81. The van der Waals surface area contributed by atoms with Gasteiger partial charge >= 0.3 is 0 Å². The van der Waals surface area contributed by atoms with Crippen molar-refractivity contribution in [2.24, 2.45) is 10.7 Å². The van der Waals surface area contributed by atoms with Crippen LogP contribution in [0.1, 0.15) is 5.56 Å². The van der Waals surface area contributed by atoms with Crippen LogP contribution >= 0.6 is 0 Å². The molecule has 2 heteroatoms. The first kappa shape index (κ1) is 18.1. The summed E-state index contributed by atoms with van der Waals surface area (Å²) in [6.45, 7) is 0. The molecule has 0 saturated heterocycles. The van der Waals surface area contributed by atoms with Crippen molar-refractivity contribution < 1.29 is 0 Å². The third kappa shape index (κ3) is 3.13. The minimum Gasteiger partial charge on any atom is -0.403 e. The highest BCUT2D eigenvalue weighted by Crippen LogP contribution is 2.40. The topological polar surface area (TPSA) is 38.4 Å². The van der Waals surface area contributed by atoms with Crippen LogP contribution in [0, 0.1) is 0 Å². The van der Waals surface area contributed by atoms with Crippen LogP contribution in [0.3, 0.4) is 0 Å². The highest BCUT2D eigenvalue weighted by Gasteiger charge is 2.14. The van der Waals surface area contributed by atoms with Gasteiger partial charge in [-0.3, -0.25) is 4.99 Å². The second kappa shape index (κ2) is 7.84. The molecule has 5 aromatic rings. The molecule has 0 aliphatic carbocycles. The largest absolute Gasteiger partial charge is 0.403 e. The highest BCUT2D eigenvalue weighted by atomic mass is 14.7. The van der Waals surface area contributed by atoms with Gasteiger partial charge in [0.25, 0.3) is 0 Å². The number of fused-ring (bicyclic) bond motifs is 3. The zero-order valence-electron chi connectivity index (χ0n) is 16.6. The molecule has 0 radical (unpaired) electrons. The van der Waals surface area contributed by atoms with E-state index >= 15 is 0 Å². The summed E-state index contributed by atoms with van der Waals surface area (Å²) >= 11 is 0. The van der Waals surface area contributed by atoms with Gasteiger partial charge in [-0.1, -0.05) is 84.9 Å². The fourth-order valence-corrected chi connectivity index (χ4v) is 4.35. The molecule has 0 aliphatic rings. The fourth-order valence-electron chi connectivity index (χ4n) is 4.35. The van der Waals surface area contributed by atoms with Crippen LogP contribution in [0.5, 0.6) is 0 Å². The number of hydrogen-bond donors (Lipinski definition) is 1. The number of nitrogens with two attached hydrogens (primary N) is 1. The minimum atomic E-state index is 0.753. The molecular weight excluding hydrogens is 364 g/mol. The molecule has 5 rings (SSSR count). The lowest BCUT2D eigenvalue weighted by Gasteiger charge is -2.17. The van der Waals surface area contributed by atoms with E-state index < -0.39 is 0 Å². The van der Waals surface area contributed by atoms with Crippen molar-refractivity contribution in [3.63, 3.8) is 0 Å². The molecular formula is C28H22N2. The Kier molecular flexibility index (Phi) is 4.74. The molecule has 0 aliphatic heterocycles. The first-order valence-electron chi connectivity index (χ1n) is 10.2. The van der Waals surface area contributed by atoms with Crippen LogP contribution < -0.4 is 5.73 Å². The van der Waals surface area contributed by atoms with Gasteiger partial charge in [0.1, 0.15) is 0 Å². The molecule has 0 bridgehead atoms. The summed E-state index contributed by atoms with van der Waals surface area (Å²) in [7, 11) is 0. The Morgan fingerprint density at radius 3 is 1.93 bits per heavy atom. The minimum absolute atomic E-state index is 0.753. The van der Waals surface area contributed by atoms with Crippen LogP contribution in [0.4, 0.5) is 0 Å². The first-order valence-corrected chi connectivity index (χ1v) is 10.2. The van der Waals surface area contributed by atoms with Crippen molar-refractivity contribution in [1.29, 1.82) is 0 Å². The molecule has 0 fully saturated rings. The third-order valence-corrected chi connectivity index (χ3v) is 5.65. The normalized spacial score (nSPS) is 12.0. The van der Waals surface area contributed by atoms with Crippen LogP contribution in [-0.4, -0.2) is 6.21 Å². The summed E-state index contributed by atoms with van der Waals surface area (Å²) < 4.78 is 0. The average molecular weight is 386 g/mol. The molecule has 0 unspecified atom stereocenters. The van der Waals surface area contributed by atoms with Crippen molar-refractivity contribution in [3.8, 4) is 11.1 Å². The maximum Gasteiger partial charge on any atom is 0.0418 e. The first-order chi connectivity index (χ1) is 14.9. The molecule has 0 heterocycles. The van der Waals surface area contributed by atoms with Gasteiger partial charge < -0.3 is 5.73 Å². The zero-order valence-corrected chi connectivity index (χ0v) is 16.6. The third-order valence-electron chi connectivity index (χ3n) is 5.65. The Morgan fingerprint density at radius 1 is 0.667 bits per heavy atom. The maximum atomic E-state index is 5.42. The van der Waals surface area contributed by atoms with E-state index in [1.807, 2.05) is 6.21 Å². The van der Waals surface area contributed by atoms with Crippen LogP contribution in [0.15, 0.2) is 108 Å². The van der Waals surface area contributed by atoms with Crippen LogP contribution in [-0.2, 0) is 6.42 Å². The summed E-state index contributed by atoms with van der Waals surface area (Å²) in [4.78, 5) is 4.28. The van der Waals surface area contributed by atoms with Gasteiger partial charge in [-0.2, -0.15) is 0 Å². The zero-order chi connectivity index (χ0) is 20.3. The van der Waals surface area contributed by atoms with Crippen molar-refractivity contribution in [1.82, 2.24) is 0 Å². The van der Waals surface area contributed by atoms with E-state index in [1.54, 1.807) is 6.20 Å². The van der Waals surface area contributed by atoms with E-state index in [1.165, 1.54) is 55.2 Å². The second-order valence-electron chi connectivity index (χ2n) is 7.38. The van der Waals surface area contributed by atoms with Gasteiger partial charge in [0.2, 0.25) is 0 Å². The lowest BCUT2D eigenvalue weighted by Crippen LogP contribution is -1.95. The van der Waals surface area contributed by atoms with E-state index in [-0.39, 0.29) is 0 Å². The summed E-state index contributed by atoms with van der Waals surface area (Å²) in [6.07, 6.45) is 5.75. The lowest BCUT2D eigenvalue weighted by atomic mass is 9.87. The van der Waals surface area contributed by atoms with Crippen molar-refractivity contribution >= 4 is 38.5 Å². The predicted octanol–water partition coefficient (Wildman–Crippen LogP) is 6.86.